The highest BCUT2D eigenvalue weighted by Gasteiger charge is 2.07. The third-order valence-electron chi connectivity index (χ3n) is 3.20. The van der Waals surface area contributed by atoms with Gasteiger partial charge in [-0.25, -0.2) is 10.4 Å². The molecule has 3 rings (SSSR count). The average molecular weight is 304 g/mol. The lowest BCUT2D eigenvalue weighted by molar-refractivity contribution is 0.397. The molecule has 0 atom stereocenters. The first-order valence-electron chi connectivity index (χ1n) is 7.18. The Morgan fingerprint density at radius 3 is 2.09 bits per heavy atom. The van der Waals surface area contributed by atoms with Gasteiger partial charge in [0, 0.05) is 23.4 Å². The molecule has 1 aromatic heterocycles. The van der Waals surface area contributed by atoms with Crippen LogP contribution < -0.4 is 10.2 Å². The number of aromatic nitrogens is 2. The quantitative estimate of drug-likeness (QED) is 0.580. The van der Waals surface area contributed by atoms with Gasteiger partial charge in [0.05, 0.1) is 12.8 Å². The van der Waals surface area contributed by atoms with E-state index in [9.17, 15) is 0 Å². The Balaban J connectivity index is 1.95. The molecule has 0 fully saturated rings. The van der Waals surface area contributed by atoms with Gasteiger partial charge in [0.1, 0.15) is 0 Å². The summed E-state index contributed by atoms with van der Waals surface area (Å²) in [5.74, 6) is 0.868. The van der Waals surface area contributed by atoms with Crippen LogP contribution in [0.15, 0.2) is 78.0 Å². The summed E-state index contributed by atoms with van der Waals surface area (Å²) < 4.78 is 5.09. The Hall–Kier alpha value is -3.21. The monoisotopic (exact) mass is 304 g/mol. The van der Waals surface area contributed by atoms with Crippen molar-refractivity contribution in [1.82, 2.24) is 9.97 Å². The number of anilines is 1. The van der Waals surface area contributed by atoms with E-state index in [2.05, 4.69) is 20.5 Å². The maximum Gasteiger partial charge on any atom is 0.246 e. The molecular formula is C18H16N4O. The lowest BCUT2D eigenvalue weighted by Gasteiger charge is -2.08. The summed E-state index contributed by atoms with van der Waals surface area (Å²) in [6.07, 6.45) is 1.62. The third kappa shape index (κ3) is 3.71. The van der Waals surface area contributed by atoms with Gasteiger partial charge < -0.3 is 4.74 Å². The van der Waals surface area contributed by atoms with E-state index in [4.69, 9.17) is 4.74 Å². The first-order valence-corrected chi connectivity index (χ1v) is 7.18. The number of methoxy groups -OCH3 is 1. The number of rotatable bonds is 5. The number of hydrogen-bond donors (Lipinski definition) is 1. The molecule has 2 aromatic carbocycles. The van der Waals surface area contributed by atoms with Crippen molar-refractivity contribution in [1.29, 1.82) is 0 Å². The number of ether oxygens (including phenoxy) is 1. The van der Waals surface area contributed by atoms with Crippen LogP contribution in [-0.2, 0) is 0 Å². The minimum absolute atomic E-state index is 0.383. The van der Waals surface area contributed by atoms with E-state index in [1.165, 1.54) is 0 Å². The van der Waals surface area contributed by atoms with E-state index in [1.54, 1.807) is 19.4 Å². The zero-order valence-electron chi connectivity index (χ0n) is 12.7. The maximum atomic E-state index is 5.09. The third-order valence-corrected chi connectivity index (χ3v) is 3.20. The van der Waals surface area contributed by atoms with Gasteiger partial charge in [-0.1, -0.05) is 60.7 Å². The summed E-state index contributed by atoms with van der Waals surface area (Å²) in [4.78, 5) is 8.34. The van der Waals surface area contributed by atoms with Crippen molar-refractivity contribution < 1.29 is 4.74 Å². The van der Waals surface area contributed by atoms with Gasteiger partial charge in [0.15, 0.2) is 0 Å². The number of nitrogens with zero attached hydrogens (tertiary/aromatic N) is 3. The molecule has 3 aromatic rings. The van der Waals surface area contributed by atoms with E-state index in [-0.39, 0.29) is 0 Å². The highest BCUT2D eigenvalue weighted by atomic mass is 16.5. The van der Waals surface area contributed by atoms with Crippen molar-refractivity contribution in [3.05, 3.63) is 84.1 Å². The highest BCUT2D eigenvalue weighted by Crippen LogP contribution is 2.12. The van der Waals surface area contributed by atoms with E-state index in [0.717, 1.165) is 16.8 Å². The zero-order valence-corrected chi connectivity index (χ0v) is 12.7. The van der Waals surface area contributed by atoms with Crippen LogP contribution in [0.5, 0.6) is 5.88 Å². The second-order valence-corrected chi connectivity index (χ2v) is 4.73. The second kappa shape index (κ2) is 7.17. The number of nitrogens with one attached hydrogen (secondary N) is 1. The van der Waals surface area contributed by atoms with Crippen LogP contribution in [-0.4, -0.2) is 22.8 Å². The van der Waals surface area contributed by atoms with Gasteiger partial charge in [0.2, 0.25) is 11.8 Å². The molecule has 0 radical (unpaired) electrons. The molecule has 0 aliphatic heterocycles. The predicted molar refractivity (Wildman–Crippen MR) is 90.7 cm³/mol. The normalized spacial score (nSPS) is 9.96. The highest BCUT2D eigenvalue weighted by molar-refractivity contribution is 6.13. The van der Waals surface area contributed by atoms with Crippen molar-refractivity contribution in [3.63, 3.8) is 0 Å². The first kappa shape index (κ1) is 14.7. The van der Waals surface area contributed by atoms with Crippen molar-refractivity contribution >= 4 is 11.7 Å². The maximum absolute atomic E-state index is 5.09. The largest absolute Gasteiger partial charge is 0.481 e. The van der Waals surface area contributed by atoms with Crippen LogP contribution in [0.4, 0.5) is 5.95 Å². The van der Waals surface area contributed by atoms with Crippen LogP contribution in [0.2, 0.25) is 0 Å². The minimum Gasteiger partial charge on any atom is -0.481 e. The van der Waals surface area contributed by atoms with Gasteiger partial charge in [-0.05, 0) is 0 Å². The zero-order chi connectivity index (χ0) is 15.9. The summed E-state index contributed by atoms with van der Waals surface area (Å²) >= 11 is 0. The topological polar surface area (TPSA) is 59.4 Å². The van der Waals surface area contributed by atoms with Crippen molar-refractivity contribution in [3.8, 4) is 5.88 Å². The van der Waals surface area contributed by atoms with Crippen LogP contribution in [0, 0.1) is 0 Å². The Labute approximate surface area is 134 Å². The molecule has 0 saturated carbocycles. The Morgan fingerprint density at radius 1 is 0.913 bits per heavy atom. The summed E-state index contributed by atoms with van der Waals surface area (Å²) in [5, 5.41) is 4.50. The summed E-state index contributed by atoms with van der Waals surface area (Å²) in [7, 11) is 1.56. The van der Waals surface area contributed by atoms with Crippen LogP contribution in [0.3, 0.4) is 0 Å². The van der Waals surface area contributed by atoms with Gasteiger partial charge in [0.25, 0.3) is 0 Å². The SMILES string of the molecule is COc1ccnc(NN=C(c2ccccc2)c2ccccc2)n1. The fourth-order valence-corrected chi connectivity index (χ4v) is 2.10. The molecule has 0 bridgehead atoms. The van der Waals surface area contributed by atoms with Crippen LogP contribution in [0.1, 0.15) is 11.1 Å². The first-order chi connectivity index (χ1) is 11.4. The van der Waals surface area contributed by atoms with Gasteiger partial charge in [-0.3, -0.25) is 0 Å². The molecule has 1 heterocycles. The molecule has 0 spiro atoms. The molecule has 0 aliphatic rings. The Bertz CT molecular complexity index is 747. The standard InChI is InChI=1S/C18H16N4O/c1-23-16-12-13-19-18(20-16)22-21-17(14-8-4-2-5-9-14)15-10-6-3-7-11-15/h2-13H,1H3,(H,19,20,22). The molecule has 5 nitrogen and oxygen atoms in total. The smallest absolute Gasteiger partial charge is 0.246 e. The van der Waals surface area contributed by atoms with Crippen molar-refractivity contribution in [2.24, 2.45) is 5.10 Å². The molecule has 0 saturated heterocycles. The molecule has 23 heavy (non-hydrogen) atoms. The van der Waals surface area contributed by atoms with E-state index < -0.39 is 0 Å². The average Bonchev–Trinajstić information content (AvgIpc) is 2.64. The lowest BCUT2D eigenvalue weighted by atomic mass is 10.0. The number of hydrazone groups is 1. The van der Waals surface area contributed by atoms with Gasteiger partial charge in [-0.2, -0.15) is 10.1 Å². The molecule has 0 aliphatic carbocycles. The second-order valence-electron chi connectivity index (χ2n) is 4.73. The molecule has 1 N–H and O–H groups in total. The Morgan fingerprint density at radius 2 is 1.52 bits per heavy atom. The molecular weight excluding hydrogens is 288 g/mol. The Kier molecular flexibility index (Phi) is 4.59. The summed E-state index contributed by atoms with van der Waals surface area (Å²) in [6.45, 7) is 0. The fourth-order valence-electron chi connectivity index (χ4n) is 2.10. The fraction of sp³-hybridized carbons (Fsp3) is 0.0556. The number of benzene rings is 2. The molecule has 0 unspecified atom stereocenters. The van der Waals surface area contributed by atoms with Gasteiger partial charge in [-0.15, -0.1) is 0 Å². The molecule has 114 valence electrons. The van der Waals surface area contributed by atoms with Gasteiger partial charge >= 0.3 is 0 Å². The van der Waals surface area contributed by atoms with E-state index >= 15 is 0 Å². The predicted octanol–water partition coefficient (Wildman–Crippen LogP) is 3.35. The lowest BCUT2D eigenvalue weighted by Crippen LogP contribution is -2.07. The van der Waals surface area contributed by atoms with Crippen LogP contribution >= 0.6 is 0 Å². The molecule has 0 amide bonds. The van der Waals surface area contributed by atoms with Crippen LogP contribution in [0.25, 0.3) is 0 Å². The summed E-state index contributed by atoms with van der Waals surface area (Å²) in [6, 6.07) is 21.6. The minimum atomic E-state index is 0.383. The van der Waals surface area contributed by atoms with E-state index in [1.807, 2.05) is 60.7 Å². The van der Waals surface area contributed by atoms with Crippen molar-refractivity contribution in [2.75, 3.05) is 12.5 Å². The molecule has 5 heteroatoms. The number of hydrogen-bond acceptors (Lipinski definition) is 5. The van der Waals surface area contributed by atoms with E-state index in [0.29, 0.717) is 11.8 Å². The summed E-state index contributed by atoms with van der Waals surface area (Å²) in [5.41, 5.74) is 5.74. The van der Waals surface area contributed by atoms with Crippen molar-refractivity contribution in [2.45, 2.75) is 0 Å².